The second kappa shape index (κ2) is 9.52. The van der Waals surface area contributed by atoms with Crippen molar-refractivity contribution in [1.82, 2.24) is 0 Å². The summed E-state index contributed by atoms with van der Waals surface area (Å²) in [5.74, 6) is -5.02. The molecule has 0 aliphatic heterocycles. The van der Waals surface area contributed by atoms with Crippen LogP contribution in [0.3, 0.4) is 0 Å². The number of carbonyl (C=O) groups excluding carboxylic acids is 1. The smallest absolute Gasteiger partial charge is 0.347 e. The van der Waals surface area contributed by atoms with Crippen molar-refractivity contribution in [2.24, 2.45) is 0 Å². The van der Waals surface area contributed by atoms with Crippen LogP contribution >= 0.6 is 0 Å². The number of phenolic OH excluding ortho intramolecular Hbond substituents is 1. The number of carbonyl (C=O) groups is 3. The molecule has 0 bridgehead atoms. The van der Waals surface area contributed by atoms with Gasteiger partial charge in [0.25, 0.3) is 0 Å². The lowest BCUT2D eigenvalue weighted by Gasteiger charge is -2.24. The Balaban J connectivity index is 2.87. The van der Waals surface area contributed by atoms with Crippen molar-refractivity contribution in [3.8, 4) is 11.5 Å². The van der Waals surface area contributed by atoms with E-state index in [1.807, 2.05) is 0 Å². The summed E-state index contributed by atoms with van der Waals surface area (Å²) in [7, 11) is 1.31. The predicted octanol–water partition coefficient (Wildman–Crippen LogP) is -1.42. The summed E-state index contributed by atoms with van der Waals surface area (Å²) in [5.41, 5.74) is 0.385. The molecule has 0 amide bonds. The third-order valence-corrected chi connectivity index (χ3v) is 3.34. The number of aliphatic carboxylic acids is 2. The summed E-state index contributed by atoms with van der Waals surface area (Å²) in [6.07, 6.45) is -7.64. The quantitative estimate of drug-likeness (QED) is 0.215. The average Bonchev–Trinajstić information content (AvgIpc) is 2.63. The van der Waals surface area contributed by atoms with E-state index in [4.69, 9.17) is 20.1 Å². The number of carboxylic acids is 2. The molecule has 0 aliphatic carbocycles. The first kappa shape index (κ1) is 21.9. The lowest BCUT2D eigenvalue weighted by Crippen LogP contribution is -2.51. The largest absolute Gasteiger partial charge is 0.504 e. The molecular formula is C16H18O11. The molecule has 27 heavy (non-hydrogen) atoms. The summed E-state index contributed by atoms with van der Waals surface area (Å²) < 4.78 is 9.38. The molecule has 4 atom stereocenters. The number of carboxylic acid groups (broad SMARTS) is 2. The highest BCUT2D eigenvalue weighted by atomic mass is 16.6. The van der Waals surface area contributed by atoms with Crippen LogP contribution in [0.5, 0.6) is 11.5 Å². The number of esters is 1. The van der Waals surface area contributed by atoms with Crippen LogP contribution in [0.25, 0.3) is 6.08 Å². The maximum atomic E-state index is 11.8. The first-order chi connectivity index (χ1) is 12.6. The van der Waals surface area contributed by atoms with E-state index in [1.54, 1.807) is 0 Å². The molecule has 6 N–H and O–H groups in total. The first-order valence-corrected chi connectivity index (χ1v) is 7.34. The number of rotatable bonds is 9. The fourth-order valence-corrected chi connectivity index (χ4v) is 1.90. The molecule has 11 heteroatoms. The van der Waals surface area contributed by atoms with Crippen LogP contribution in [0.1, 0.15) is 5.56 Å². The third kappa shape index (κ3) is 5.95. The number of hydrogen-bond acceptors (Lipinski definition) is 9. The van der Waals surface area contributed by atoms with E-state index in [1.165, 1.54) is 31.4 Å². The Kier molecular flexibility index (Phi) is 7.72. The zero-order chi connectivity index (χ0) is 20.7. The van der Waals surface area contributed by atoms with E-state index in [0.717, 1.165) is 6.08 Å². The molecule has 0 spiro atoms. The molecule has 0 aliphatic rings. The van der Waals surface area contributed by atoms with Crippen LogP contribution in [0.2, 0.25) is 0 Å². The maximum absolute atomic E-state index is 11.8. The van der Waals surface area contributed by atoms with Gasteiger partial charge in [0.05, 0.1) is 7.11 Å². The fraction of sp³-hybridized carbons (Fsp3) is 0.312. The highest BCUT2D eigenvalue weighted by Gasteiger charge is 2.40. The van der Waals surface area contributed by atoms with E-state index in [0.29, 0.717) is 5.56 Å². The highest BCUT2D eigenvalue weighted by Crippen LogP contribution is 2.26. The van der Waals surface area contributed by atoms with E-state index < -0.39 is 42.3 Å². The van der Waals surface area contributed by atoms with Crippen molar-refractivity contribution in [2.75, 3.05) is 7.11 Å². The van der Waals surface area contributed by atoms with E-state index in [-0.39, 0.29) is 11.5 Å². The van der Waals surface area contributed by atoms with E-state index >= 15 is 0 Å². The minimum atomic E-state index is -2.49. The van der Waals surface area contributed by atoms with Gasteiger partial charge in [0.2, 0.25) is 6.10 Å². The van der Waals surface area contributed by atoms with Gasteiger partial charge in [-0.25, -0.2) is 14.4 Å². The summed E-state index contributed by atoms with van der Waals surface area (Å²) >= 11 is 0. The van der Waals surface area contributed by atoms with Crippen molar-refractivity contribution in [2.45, 2.75) is 24.4 Å². The second-order valence-corrected chi connectivity index (χ2v) is 5.22. The van der Waals surface area contributed by atoms with Crippen LogP contribution < -0.4 is 4.74 Å². The van der Waals surface area contributed by atoms with Gasteiger partial charge in [0.15, 0.2) is 17.6 Å². The number of ether oxygens (including phenoxy) is 2. The molecule has 148 valence electrons. The molecule has 0 saturated carbocycles. The molecule has 0 heterocycles. The van der Waals surface area contributed by atoms with Gasteiger partial charge in [-0.3, -0.25) is 0 Å². The van der Waals surface area contributed by atoms with Crippen LogP contribution in [-0.2, 0) is 19.1 Å². The summed E-state index contributed by atoms with van der Waals surface area (Å²) in [5, 5.41) is 55.4. The minimum absolute atomic E-state index is 0.120. The van der Waals surface area contributed by atoms with Crippen LogP contribution in [0.4, 0.5) is 0 Å². The first-order valence-electron chi connectivity index (χ1n) is 7.34. The average molecular weight is 386 g/mol. The Morgan fingerprint density at radius 1 is 1.04 bits per heavy atom. The highest BCUT2D eigenvalue weighted by molar-refractivity contribution is 5.89. The molecule has 0 radical (unpaired) electrons. The van der Waals surface area contributed by atoms with Crippen molar-refractivity contribution < 1.29 is 54.5 Å². The monoisotopic (exact) mass is 386 g/mol. The molecule has 1 aromatic carbocycles. The molecule has 1 aromatic rings. The van der Waals surface area contributed by atoms with Crippen molar-refractivity contribution in [3.63, 3.8) is 0 Å². The van der Waals surface area contributed by atoms with Crippen molar-refractivity contribution in [3.05, 3.63) is 29.8 Å². The topological polar surface area (TPSA) is 191 Å². The number of aromatic hydroxyl groups is 1. The molecule has 1 rings (SSSR count). The van der Waals surface area contributed by atoms with Crippen molar-refractivity contribution in [1.29, 1.82) is 0 Å². The Morgan fingerprint density at radius 2 is 1.67 bits per heavy atom. The van der Waals surface area contributed by atoms with Gasteiger partial charge >= 0.3 is 17.9 Å². The number of aliphatic hydroxyl groups excluding tert-OH is 3. The van der Waals surface area contributed by atoms with Gasteiger partial charge in [-0.15, -0.1) is 0 Å². The Bertz CT molecular complexity index is 727. The van der Waals surface area contributed by atoms with Crippen LogP contribution in [0, 0.1) is 0 Å². The minimum Gasteiger partial charge on any atom is -0.504 e. The molecular weight excluding hydrogens is 368 g/mol. The maximum Gasteiger partial charge on any atom is 0.347 e. The van der Waals surface area contributed by atoms with Crippen molar-refractivity contribution >= 4 is 24.0 Å². The van der Waals surface area contributed by atoms with Crippen LogP contribution in [-0.4, -0.2) is 80.1 Å². The lowest BCUT2D eigenvalue weighted by molar-refractivity contribution is -0.182. The summed E-state index contributed by atoms with van der Waals surface area (Å²) in [6.45, 7) is 0. The second-order valence-electron chi connectivity index (χ2n) is 5.22. The fourth-order valence-electron chi connectivity index (χ4n) is 1.90. The molecule has 0 saturated heterocycles. The number of hydrogen-bond donors (Lipinski definition) is 6. The van der Waals surface area contributed by atoms with E-state index in [9.17, 15) is 29.7 Å². The number of benzene rings is 1. The Labute approximate surface area is 152 Å². The van der Waals surface area contributed by atoms with Crippen LogP contribution in [0.15, 0.2) is 24.3 Å². The third-order valence-electron chi connectivity index (χ3n) is 3.34. The number of aliphatic hydroxyl groups is 3. The summed E-state index contributed by atoms with van der Waals surface area (Å²) in [6, 6.07) is 4.07. The van der Waals surface area contributed by atoms with Gasteiger partial charge in [0, 0.05) is 6.08 Å². The normalized spacial score (nSPS) is 15.6. The Morgan fingerprint density at radius 3 is 2.19 bits per heavy atom. The molecule has 0 aromatic heterocycles. The molecule has 11 nitrogen and oxygen atoms in total. The number of phenols is 1. The summed E-state index contributed by atoms with van der Waals surface area (Å²) in [4.78, 5) is 33.5. The zero-order valence-corrected chi connectivity index (χ0v) is 13.9. The van der Waals surface area contributed by atoms with Gasteiger partial charge < -0.3 is 40.1 Å². The van der Waals surface area contributed by atoms with Gasteiger partial charge in [-0.1, -0.05) is 6.07 Å². The Hall–Kier alpha value is -3.15. The van der Waals surface area contributed by atoms with Gasteiger partial charge in [-0.05, 0) is 23.8 Å². The molecule has 0 fully saturated rings. The van der Waals surface area contributed by atoms with E-state index in [2.05, 4.69) is 4.74 Å². The SMILES string of the molecule is COc1cc(C=CC(=O)O[C@@H](C(=O)O)[C@@H](O)[C@H](O)[C@H](O)C(=O)O)ccc1O. The predicted molar refractivity (Wildman–Crippen MR) is 86.9 cm³/mol. The zero-order valence-electron chi connectivity index (χ0n) is 13.9. The standard InChI is InChI=1S/C16H18O11/c1-26-9-6-7(2-4-8(9)17)3-5-10(18)27-14(16(24)25)12(20)11(19)13(21)15(22)23/h2-6,11-14,17,19-21H,1H3,(H,22,23)(H,24,25)/t11-,12-,13-,14+/m0/s1. The number of methoxy groups -OCH3 is 1. The van der Waals surface area contributed by atoms with Gasteiger partial charge in [0.1, 0.15) is 12.2 Å². The van der Waals surface area contributed by atoms with Gasteiger partial charge in [-0.2, -0.15) is 0 Å². The molecule has 0 unspecified atom stereocenters. The lowest BCUT2D eigenvalue weighted by atomic mass is 10.0.